The summed E-state index contributed by atoms with van der Waals surface area (Å²) in [5.74, 6) is -0.460. The highest BCUT2D eigenvalue weighted by molar-refractivity contribution is 5.88. The Morgan fingerprint density at radius 2 is 1.84 bits per heavy atom. The van der Waals surface area contributed by atoms with Gasteiger partial charge in [0.15, 0.2) is 0 Å². The van der Waals surface area contributed by atoms with Gasteiger partial charge in [-0.2, -0.15) is 0 Å². The summed E-state index contributed by atoms with van der Waals surface area (Å²) in [4.78, 5) is 33.6. The quantitative estimate of drug-likeness (QED) is 0.477. The largest absolute Gasteiger partial charge is 0.462 e. The van der Waals surface area contributed by atoms with E-state index in [2.05, 4.69) is 13.2 Å². The van der Waals surface area contributed by atoms with Gasteiger partial charge in [-0.05, 0) is 45.4 Å². The summed E-state index contributed by atoms with van der Waals surface area (Å²) in [5.41, 5.74) is 1.94. The van der Waals surface area contributed by atoms with Crippen LogP contribution in [-0.2, 0) is 16.6 Å². The molecule has 25 heavy (non-hydrogen) atoms. The first kappa shape index (κ1) is 22.1. The van der Waals surface area contributed by atoms with Crippen molar-refractivity contribution in [2.45, 2.75) is 27.7 Å². The number of ether oxygens (including phenoxy) is 1. The smallest absolute Gasteiger partial charge is 0.339 e. The Kier molecular flexibility index (Phi) is 9.56. The van der Waals surface area contributed by atoms with Gasteiger partial charge in [0.25, 0.3) is 0 Å². The maximum atomic E-state index is 12.4. The van der Waals surface area contributed by atoms with Crippen LogP contribution >= 0.6 is 0 Å². The molecule has 0 unspecified atom stereocenters. The third-order valence-electron chi connectivity index (χ3n) is 2.89. The van der Waals surface area contributed by atoms with Crippen LogP contribution in [0.15, 0.2) is 47.9 Å². The SMILES string of the molecule is C=C(C)C=O.C=C(C)n1c(C)cccc(C(=O)OCC)cn(C)c1=O. The van der Waals surface area contributed by atoms with Crippen LogP contribution in [0.2, 0.25) is 0 Å². The fraction of sp³-hybridized carbons (Fsp3) is 0.316. The zero-order valence-corrected chi connectivity index (χ0v) is 15.5. The fourth-order valence-electron chi connectivity index (χ4n) is 1.78. The minimum absolute atomic E-state index is 0.281. The Bertz CT molecular complexity index is 768. The van der Waals surface area contributed by atoms with Gasteiger partial charge >= 0.3 is 11.7 Å². The first-order valence-corrected chi connectivity index (χ1v) is 7.72. The highest BCUT2D eigenvalue weighted by Crippen LogP contribution is 2.02. The van der Waals surface area contributed by atoms with Crippen molar-refractivity contribution in [3.8, 4) is 0 Å². The lowest BCUT2D eigenvalue weighted by atomic mass is 10.3. The Labute approximate surface area is 148 Å². The van der Waals surface area contributed by atoms with E-state index < -0.39 is 5.97 Å². The number of hydrogen-bond acceptors (Lipinski definition) is 4. The number of aldehydes is 1. The van der Waals surface area contributed by atoms with Crippen LogP contribution < -0.4 is 5.69 Å². The predicted molar refractivity (Wildman–Crippen MR) is 99.9 cm³/mol. The molecule has 0 aliphatic rings. The summed E-state index contributed by atoms with van der Waals surface area (Å²) in [7, 11) is 1.59. The zero-order valence-electron chi connectivity index (χ0n) is 15.5. The molecule has 1 heterocycles. The molecule has 0 atom stereocenters. The summed E-state index contributed by atoms with van der Waals surface area (Å²) in [6.45, 7) is 14.3. The average Bonchev–Trinajstić information content (AvgIpc) is 2.58. The van der Waals surface area contributed by atoms with E-state index >= 15 is 0 Å². The van der Waals surface area contributed by atoms with Gasteiger partial charge in [0.05, 0.1) is 12.2 Å². The van der Waals surface area contributed by atoms with Crippen molar-refractivity contribution in [1.82, 2.24) is 9.13 Å². The minimum atomic E-state index is -0.460. The molecule has 1 aromatic rings. The van der Waals surface area contributed by atoms with Crippen molar-refractivity contribution >= 4 is 18.0 Å². The number of aryl methyl sites for hydroxylation is 2. The van der Waals surface area contributed by atoms with E-state index in [-0.39, 0.29) is 12.3 Å². The van der Waals surface area contributed by atoms with Gasteiger partial charge in [-0.25, -0.2) is 9.59 Å². The van der Waals surface area contributed by atoms with E-state index in [0.29, 0.717) is 16.8 Å². The molecule has 1 aromatic heterocycles. The van der Waals surface area contributed by atoms with Gasteiger partial charge in [0, 0.05) is 24.6 Å². The van der Waals surface area contributed by atoms with Gasteiger partial charge in [-0.3, -0.25) is 9.36 Å². The molecule has 136 valence electrons. The maximum absolute atomic E-state index is 12.4. The number of hydrogen-bond donors (Lipinski definition) is 0. The van der Waals surface area contributed by atoms with Gasteiger partial charge in [-0.15, -0.1) is 0 Å². The second-order valence-corrected chi connectivity index (χ2v) is 5.40. The molecule has 0 amide bonds. The third-order valence-corrected chi connectivity index (χ3v) is 2.89. The van der Waals surface area contributed by atoms with Crippen LogP contribution in [0.3, 0.4) is 0 Å². The number of esters is 1. The van der Waals surface area contributed by atoms with Crippen molar-refractivity contribution in [2.24, 2.45) is 7.05 Å². The van der Waals surface area contributed by atoms with Crippen LogP contribution in [0.1, 0.15) is 36.8 Å². The van der Waals surface area contributed by atoms with E-state index in [1.54, 1.807) is 52.9 Å². The van der Waals surface area contributed by atoms with Crippen molar-refractivity contribution in [2.75, 3.05) is 6.61 Å². The van der Waals surface area contributed by atoms with E-state index in [0.717, 1.165) is 12.0 Å². The molecule has 0 aliphatic heterocycles. The Balaban J connectivity index is 0.00000101. The number of aromatic nitrogens is 2. The highest BCUT2D eigenvalue weighted by atomic mass is 16.5. The molecular weight excluding hydrogens is 320 g/mol. The number of nitrogens with zero attached hydrogens (tertiary/aromatic N) is 2. The van der Waals surface area contributed by atoms with Crippen LogP contribution in [0.5, 0.6) is 0 Å². The molecule has 6 nitrogen and oxygen atoms in total. The molecule has 0 radical (unpaired) electrons. The van der Waals surface area contributed by atoms with Crippen molar-refractivity contribution in [3.05, 3.63) is 64.9 Å². The van der Waals surface area contributed by atoms with Crippen LogP contribution in [-0.4, -0.2) is 28.0 Å². The normalized spacial score (nSPS) is 9.16. The molecule has 0 spiro atoms. The monoisotopic (exact) mass is 346 g/mol. The second-order valence-electron chi connectivity index (χ2n) is 5.40. The Morgan fingerprint density at radius 1 is 1.28 bits per heavy atom. The predicted octanol–water partition coefficient (Wildman–Crippen LogP) is 3.05. The molecule has 0 bridgehead atoms. The lowest BCUT2D eigenvalue weighted by molar-refractivity contribution is -0.104. The summed E-state index contributed by atoms with van der Waals surface area (Å²) in [5, 5.41) is 0. The van der Waals surface area contributed by atoms with Gasteiger partial charge in [0.1, 0.15) is 6.29 Å². The van der Waals surface area contributed by atoms with Crippen molar-refractivity contribution < 1.29 is 14.3 Å². The standard InChI is InChI=1S/C15H20N2O3.C4H6O/c1-6-20-14(18)13-9-7-8-12(4)17(11(2)3)15(19)16(5)10-13;1-4(2)3-5/h7-10H,2,6H2,1,3-5H3;3H,1H2,2H3. The maximum Gasteiger partial charge on any atom is 0.339 e. The van der Waals surface area contributed by atoms with Crippen LogP contribution in [0, 0.1) is 6.92 Å². The van der Waals surface area contributed by atoms with Gasteiger partial charge in [0.2, 0.25) is 0 Å². The molecule has 0 fully saturated rings. The number of rotatable bonds is 4. The first-order valence-electron chi connectivity index (χ1n) is 7.72. The summed E-state index contributed by atoms with van der Waals surface area (Å²) < 4.78 is 7.78. The Hall–Kier alpha value is -2.89. The summed E-state index contributed by atoms with van der Waals surface area (Å²) in [6.07, 6.45) is 2.18. The first-order chi connectivity index (χ1) is 11.6. The molecule has 0 saturated carbocycles. The summed E-state index contributed by atoms with van der Waals surface area (Å²) >= 11 is 0. The average molecular weight is 346 g/mol. The number of carbonyl (C=O) groups is 2. The number of carbonyl (C=O) groups excluding carboxylic acids is 2. The second kappa shape index (κ2) is 10.8. The van der Waals surface area contributed by atoms with E-state index in [1.165, 1.54) is 15.3 Å². The fourth-order valence-corrected chi connectivity index (χ4v) is 1.78. The summed E-state index contributed by atoms with van der Waals surface area (Å²) in [6, 6.07) is 5.08. The van der Waals surface area contributed by atoms with Gasteiger partial charge in [-0.1, -0.05) is 19.2 Å². The minimum Gasteiger partial charge on any atom is -0.462 e. The van der Waals surface area contributed by atoms with Crippen LogP contribution in [0.4, 0.5) is 0 Å². The molecule has 6 heteroatoms. The van der Waals surface area contributed by atoms with E-state index in [4.69, 9.17) is 4.74 Å². The van der Waals surface area contributed by atoms with E-state index in [1.807, 2.05) is 0 Å². The zero-order chi connectivity index (χ0) is 19.6. The van der Waals surface area contributed by atoms with E-state index in [9.17, 15) is 14.4 Å². The molecular formula is C19H26N2O4. The van der Waals surface area contributed by atoms with Crippen LogP contribution in [0.25, 0.3) is 5.70 Å². The topological polar surface area (TPSA) is 70.3 Å². The lowest BCUT2D eigenvalue weighted by Crippen LogP contribution is -2.27. The molecule has 0 aromatic carbocycles. The highest BCUT2D eigenvalue weighted by Gasteiger charge is 2.06. The molecule has 0 saturated heterocycles. The molecule has 1 rings (SSSR count). The molecule has 0 N–H and O–H groups in total. The van der Waals surface area contributed by atoms with Crippen molar-refractivity contribution in [1.29, 1.82) is 0 Å². The van der Waals surface area contributed by atoms with Crippen molar-refractivity contribution in [3.63, 3.8) is 0 Å². The van der Waals surface area contributed by atoms with Gasteiger partial charge < -0.3 is 9.30 Å². The lowest BCUT2D eigenvalue weighted by Gasteiger charge is -2.07. The third kappa shape index (κ3) is 7.48. The Morgan fingerprint density at radius 3 is 2.28 bits per heavy atom. The number of allylic oxidation sites excluding steroid dienone is 2. The molecule has 0 aliphatic carbocycles.